The van der Waals surface area contributed by atoms with E-state index < -0.39 is 6.04 Å². The monoisotopic (exact) mass is 398 g/mol. The highest BCUT2D eigenvalue weighted by Gasteiger charge is 2.18. The van der Waals surface area contributed by atoms with E-state index in [9.17, 15) is 4.79 Å². The van der Waals surface area contributed by atoms with Gasteiger partial charge >= 0.3 is 0 Å². The average Bonchev–Trinajstić information content (AvgIpc) is 2.53. The number of amides is 1. The number of benzene rings is 1. The largest absolute Gasteiger partial charge is 0.369 e. The Morgan fingerprint density at radius 1 is 1.12 bits per heavy atom. The third kappa shape index (κ3) is 7.45. The molecule has 1 aliphatic rings. The molecule has 24 heavy (non-hydrogen) atoms. The van der Waals surface area contributed by atoms with E-state index in [1.54, 1.807) is 11.8 Å². The van der Waals surface area contributed by atoms with E-state index in [2.05, 4.69) is 34.1 Å². The summed E-state index contributed by atoms with van der Waals surface area (Å²) in [5.74, 6) is 0.0120. The van der Waals surface area contributed by atoms with Crippen molar-refractivity contribution in [3.8, 4) is 0 Å². The van der Waals surface area contributed by atoms with Crippen LogP contribution in [0.1, 0.15) is 6.92 Å². The fourth-order valence-corrected chi connectivity index (χ4v) is 2.62. The quantitative estimate of drug-likeness (QED) is 0.821. The van der Waals surface area contributed by atoms with Crippen molar-refractivity contribution in [2.75, 3.05) is 51.2 Å². The zero-order valence-electron chi connectivity index (χ0n) is 14.3. The van der Waals surface area contributed by atoms with E-state index in [1.165, 1.54) is 5.69 Å². The molecule has 1 aromatic carbocycles. The molecule has 0 aromatic heterocycles. The maximum Gasteiger partial charge on any atom is 0.238 e. The predicted octanol–water partition coefficient (Wildman–Crippen LogP) is 1.88. The van der Waals surface area contributed by atoms with Crippen LogP contribution in [0.2, 0.25) is 0 Å². The van der Waals surface area contributed by atoms with Crippen LogP contribution in [0.25, 0.3) is 0 Å². The smallest absolute Gasteiger partial charge is 0.238 e. The lowest BCUT2D eigenvalue weighted by atomic mass is 10.2. The van der Waals surface area contributed by atoms with Gasteiger partial charge in [0, 0.05) is 52.0 Å². The van der Waals surface area contributed by atoms with Crippen LogP contribution in [0.5, 0.6) is 0 Å². The van der Waals surface area contributed by atoms with E-state index in [1.807, 2.05) is 13.1 Å². The van der Waals surface area contributed by atoms with E-state index in [4.69, 9.17) is 5.73 Å². The first-order chi connectivity index (χ1) is 10.1. The van der Waals surface area contributed by atoms with Crippen LogP contribution in [0.3, 0.4) is 0 Å². The molecule has 140 valence electrons. The van der Waals surface area contributed by atoms with Crippen LogP contribution in [-0.4, -0.2) is 68.1 Å². The average molecular weight is 400 g/mol. The Morgan fingerprint density at radius 3 is 2.17 bits per heavy atom. The van der Waals surface area contributed by atoms with Gasteiger partial charge in [-0.25, -0.2) is 0 Å². The first-order valence-corrected chi connectivity index (χ1v) is 7.61. The number of likely N-dealkylation sites (N-methyl/N-ethyl adjacent to an activating group) is 1. The number of carbonyl (C=O) groups excluding carboxylic acids is 1. The van der Waals surface area contributed by atoms with Crippen LogP contribution in [0, 0.1) is 0 Å². The lowest BCUT2D eigenvalue weighted by molar-refractivity contribution is -0.131. The lowest BCUT2D eigenvalue weighted by Crippen LogP contribution is -2.49. The molecule has 2 N–H and O–H groups in total. The number of rotatable bonds is 5. The Morgan fingerprint density at radius 2 is 1.67 bits per heavy atom. The van der Waals surface area contributed by atoms with Gasteiger partial charge in [0.05, 0.1) is 6.04 Å². The van der Waals surface area contributed by atoms with Gasteiger partial charge in [0.15, 0.2) is 0 Å². The van der Waals surface area contributed by atoms with E-state index in [0.717, 1.165) is 39.3 Å². The van der Waals surface area contributed by atoms with Crippen molar-refractivity contribution < 1.29 is 4.79 Å². The van der Waals surface area contributed by atoms with Crippen molar-refractivity contribution in [2.24, 2.45) is 5.73 Å². The number of nitrogens with zero attached hydrogens (tertiary/aromatic N) is 3. The van der Waals surface area contributed by atoms with Gasteiger partial charge in [-0.15, -0.1) is 37.2 Å². The first-order valence-electron chi connectivity index (χ1n) is 7.61. The summed E-state index contributed by atoms with van der Waals surface area (Å²) >= 11 is 0. The lowest BCUT2D eigenvalue weighted by Gasteiger charge is -2.36. The fraction of sp³-hybridized carbons (Fsp3) is 0.562. The summed E-state index contributed by atoms with van der Waals surface area (Å²) in [4.78, 5) is 18.3. The SMILES string of the molecule is C[C@@H](N)C(=O)N(C)CCN1CCN(c2ccccc2)CC1.Cl.Cl.Cl. The number of para-hydroxylation sites is 1. The zero-order valence-corrected chi connectivity index (χ0v) is 16.7. The van der Waals surface area contributed by atoms with Gasteiger partial charge in [0.1, 0.15) is 0 Å². The zero-order chi connectivity index (χ0) is 15.2. The fourth-order valence-electron chi connectivity index (χ4n) is 2.62. The van der Waals surface area contributed by atoms with Gasteiger partial charge in [0.25, 0.3) is 0 Å². The molecule has 1 fully saturated rings. The number of nitrogens with two attached hydrogens (primary N) is 1. The molecule has 8 heteroatoms. The second-order valence-corrected chi connectivity index (χ2v) is 5.71. The van der Waals surface area contributed by atoms with Gasteiger partial charge in [-0.2, -0.15) is 0 Å². The van der Waals surface area contributed by atoms with Gasteiger partial charge < -0.3 is 15.5 Å². The molecular formula is C16H29Cl3N4O. The molecule has 0 unspecified atom stereocenters. The minimum Gasteiger partial charge on any atom is -0.369 e. The summed E-state index contributed by atoms with van der Waals surface area (Å²) in [5, 5.41) is 0. The molecule has 0 saturated carbocycles. The molecule has 1 aliphatic heterocycles. The summed E-state index contributed by atoms with van der Waals surface area (Å²) < 4.78 is 0. The minimum atomic E-state index is -0.412. The van der Waals surface area contributed by atoms with Crippen LogP contribution in [0.15, 0.2) is 30.3 Å². The highest BCUT2D eigenvalue weighted by molar-refractivity contribution is 5.86. The van der Waals surface area contributed by atoms with Crippen molar-refractivity contribution in [1.29, 1.82) is 0 Å². The number of anilines is 1. The first kappa shape index (κ1) is 25.5. The van der Waals surface area contributed by atoms with Crippen molar-refractivity contribution >= 4 is 48.8 Å². The molecule has 1 saturated heterocycles. The third-order valence-corrected chi connectivity index (χ3v) is 4.01. The molecule has 2 rings (SSSR count). The molecule has 1 heterocycles. The second kappa shape index (κ2) is 12.6. The summed E-state index contributed by atoms with van der Waals surface area (Å²) in [5.41, 5.74) is 6.91. The third-order valence-electron chi connectivity index (χ3n) is 4.01. The summed E-state index contributed by atoms with van der Waals surface area (Å²) in [7, 11) is 1.83. The molecule has 1 amide bonds. The summed E-state index contributed by atoms with van der Waals surface area (Å²) in [6.45, 7) is 7.54. The van der Waals surface area contributed by atoms with Crippen molar-refractivity contribution in [1.82, 2.24) is 9.80 Å². The predicted molar refractivity (Wildman–Crippen MR) is 108 cm³/mol. The molecule has 0 spiro atoms. The van der Waals surface area contributed by atoms with Gasteiger partial charge in [-0.1, -0.05) is 18.2 Å². The molecule has 1 atom stereocenters. The molecule has 1 aromatic rings. The molecule has 0 radical (unpaired) electrons. The summed E-state index contributed by atoms with van der Waals surface area (Å²) in [6.07, 6.45) is 0. The van der Waals surface area contributed by atoms with Crippen molar-refractivity contribution in [3.05, 3.63) is 30.3 Å². The van der Waals surface area contributed by atoms with Gasteiger partial charge in [-0.3, -0.25) is 9.69 Å². The highest BCUT2D eigenvalue weighted by Crippen LogP contribution is 2.15. The van der Waals surface area contributed by atoms with E-state index in [0.29, 0.717) is 0 Å². The minimum absolute atomic E-state index is 0. The standard InChI is InChI=1S/C16H26N4O.3ClH/c1-14(17)16(21)18(2)8-9-19-10-12-20(13-11-19)15-6-4-3-5-7-15;;;/h3-7,14H,8-13,17H2,1-2H3;3*1H/t14-;;;/m1.../s1. The second-order valence-electron chi connectivity index (χ2n) is 5.71. The maximum atomic E-state index is 11.7. The van der Waals surface area contributed by atoms with Gasteiger partial charge in [-0.05, 0) is 19.1 Å². The van der Waals surface area contributed by atoms with Crippen molar-refractivity contribution in [2.45, 2.75) is 13.0 Å². The number of piperazine rings is 1. The number of hydrogen-bond donors (Lipinski definition) is 1. The Balaban J connectivity index is 0. The normalized spacial score (nSPS) is 15.4. The Kier molecular flexibility index (Phi) is 13.4. The molecule has 0 bridgehead atoms. The Bertz CT molecular complexity index is 454. The highest BCUT2D eigenvalue weighted by atomic mass is 35.5. The molecule has 0 aliphatic carbocycles. The Hall–Kier alpha value is -0.720. The number of hydrogen-bond acceptors (Lipinski definition) is 4. The van der Waals surface area contributed by atoms with E-state index in [-0.39, 0.29) is 43.1 Å². The molecule has 5 nitrogen and oxygen atoms in total. The Labute approximate surface area is 163 Å². The number of halogens is 3. The van der Waals surface area contributed by atoms with Crippen LogP contribution in [0.4, 0.5) is 5.69 Å². The van der Waals surface area contributed by atoms with Crippen molar-refractivity contribution in [3.63, 3.8) is 0 Å². The van der Waals surface area contributed by atoms with Gasteiger partial charge in [0.2, 0.25) is 5.91 Å². The van der Waals surface area contributed by atoms with Crippen LogP contribution in [-0.2, 0) is 4.79 Å². The van der Waals surface area contributed by atoms with E-state index >= 15 is 0 Å². The number of carbonyl (C=O) groups is 1. The van der Waals surface area contributed by atoms with Crippen LogP contribution >= 0.6 is 37.2 Å². The maximum absolute atomic E-state index is 11.7. The molecular weight excluding hydrogens is 371 g/mol. The summed E-state index contributed by atoms with van der Waals surface area (Å²) in [6, 6.07) is 10.1. The topological polar surface area (TPSA) is 52.8 Å². The van der Waals surface area contributed by atoms with Crippen LogP contribution < -0.4 is 10.6 Å².